The zero-order valence-electron chi connectivity index (χ0n) is 17.4. The third kappa shape index (κ3) is 8.59. The van der Waals surface area contributed by atoms with Gasteiger partial charge in [-0.3, -0.25) is 4.99 Å². The van der Waals surface area contributed by atoms with Crippen molar-refractivity contribution in [2.45, 2.75) is 57.7 Å². The summed E-state index contributed by atoms with van der Waals surface area (Å²) < 4.78 is 11.9. The Bertz CT molecular complexity index is 601. The van der Waals surface area contributed by atoms with Gasteiger partial charge in [0.2, 0.25) is 0 Å². The van der Waals surface area contributed by atoms with E-state index >= 15 is 0 Å². The zero-order valence-corrected chi connectivity index (χ0v) is 20.5. The van der Waals surface area contributed by atoms with E-state index in [1.165, 1.54) is 18.4 Å². The Labute approximate surface area is 197 Å². The summed E-state index contributed by atoms with van der Waals surface area (Å²) in [7, 11) is 0. The van der Waals surface area contributed by atoms with Crippen LogP contribution in [0.3, 0.4) is 0 Å². The highest BCUT2D eigenvalue weighted by Gasteiger charge is 2.23. The molecule has 5 nitrogen and oxygen atoms in total. The monoisotopic (exact) mass is 535 g/mol. The van der Waals surface area contributed by atoms with Crippen molar-refractivity contribution in [2.75, 3.05) is 39.4 Å². The summed E-state index contributed by atoms with van der Waals surface area (Å²) in [5, 5.41) is 4.22. The van der Waals surface area contributed by atoms with E-state index in [2.05, 4.69) is 29.3 Å². The second-order valence-corrected chi connectivity index (χ2v) is 8.06. The van der Waals surface area contributed by atoms with Gasteiger partial charge in [0.25, 0.3) is 0 Å². The quantitative estimate of drug-likeness (QED) is 0.317. The number of nitrogens with one attached hydrogen (secondary N) is 1. The van der Waals surface area contributed by atoms with Crippen molar-refractivity contribution in [3.05, 3.63) is 34.9 Å². The van der Waals surface area contributed by atoms with E-state index < -0.39 is 0 Å². The summed E-state index contributed by atoms with van der Waals surface area (Å²) >= 11 is 5.96. The lowest BCUT2D eigenvalue weighted by Gasteiger charge is -2.35. The highest BCUT2D eigenvalue weighted by Crippen LogP contribution is 2.18. The lowest BCUT2D eigenvalue weighted by Crippen LogP contribution is -2.47. The highest BCUT2D eigenvalue weighted by molar-refractivity contribution is 14.0. The van der Waals surface area contributed by atoms with E-state index in [0.717, 1.165) is 76.1 Å². The van der Waals surface area contributed by atoms with Gasteiger partial charge in [0.15, 0.2) is 5.96 Å². The number of hydrogen-bond donors (Lipinski definition) is 1. The number of likely N-dealkylation sites (tertiary alicyclic amines) is 1. The van der Waals surface area contributed by atoms with Gasteiger partial charge >= 0.3 is 0 Å². The van der Waals surface area contributed by atoms with Crippen LogP contribution in [-0.4, -0.2) is 62.5 Å². The van der Waals surface area contributed by atoms with Crippen LogP contribution in [0.4, 0.5) is 0 Å². The van der Waals surface area contributed by atoms with Gasteiger partial charge in [0.05, 0.1) is 18.8 Å². The molecule has 2 aliphatic heterocycles. The van der Waals surface area contributed by atoms with Crippen molar-refractivity contribution in [3.63, 3.8) is 0 Å². The molecule has 1 unspecified atom stereocenters. The van der Waals surface area contributed by atoms with Crippen LogP contribution in [0.1, 0.15) is 44.6 Å². The molecule has 0 aromatic heterocycles. The van der Waals surface area contributed by atoms with Gasteiger partial charge < -0.3 is 19.7 Å². The summed E-state index contributed by atoms with van der Waals surface area (Å²) in [6.07, 6.45) is 7.28. The molecule has 0 spiro atoms. The Morgan fingerprint density at radius 2 is 1.97 bits per heavy atom. The molecule has 29 heavy (non-hydrogen) atoms. The molecule has 1 atom stereocenters. The zero-order chi connectivity index (χ0) is 19.6. The molecule has 2 fully saturated rings. The third-order valence-corrected chi connectivity index (χ3v) is 5.70. The molecule has 0 radical (unpaired) electrons. The van der Waals surface area contributed by atoms with E-state index in [0.29, 0.717) is 12.2 Å². The molecule has 7 heteroatoms. The number of piperidine rings is 1. The lowest BCUT2D eigenvalue weighted by molar-refractivity contribution is -0.0721. The predicted molar refractivity (Wildman–Crippen MR) is 131 cm³/mol. The van der Waals surface area contributed by atoms with Crippen molar-refractivity contribution in [1.82, 2.24) is 10.2 Å². The van der Waals surface area contributed by atoms with Crippen molar-refractivity contribution < 1.29 is 9.47 Å². The van der Waals surface area contributed by atoms with E-state index in [-0.39, 0.29) is 24.0 Å². The molecule has 0 aliphatic carbocycles. The maximum Gasteiger partial charge on any atom is 0.193 e. The average molecular weight is 536 g/mol. The van der Waals surface area contributed by atoms with Crippen LogP contribution in [0, 0.1) is 0 Å². The number of hydrogen-bond acceptors (Lipinski definition) is 3. The number of rotatable bonds is 7. The molecular formula is C22H35ClIN3O2. The van der Waals surface area contributed by atoms with Gasteiger partial charge in [-0.2, -0.15) is 0 Å². The average Bonchev–Trinajstić information content (AvgIpc) is 2.74. The van der Waals surface area contributed by atoms with Gasteiger partial charge in [-0.25, -0.2) is 0 Å². The second kappa shape index (κ2) is 13.7. The minimum Gasteiger partial charge on any atom is -0.376 e. The molecule has 1 N–H and O–H groups in total. The first-order chi connectivity index (χ1) is 13.7. The lowest BCUT2D eigenvalue weighted by atomic mass is 10.1. The fraction of sp³-hybridized carbons (Fsp3) is 0.682. The number of nitrogens with zero attached hydrogens (tertiary/aromatic N) is 2. The van der Waals surface area contributed by atoms with Crippen molar-refractivity contribution in [1.29, 1.82) is 0 Å². The summed E-state index contributed by atoms with van der Waals surface area (Å²) in [5.41, 5.74) is 1.26. The van der Waals surface area contributed by atoms with Crippen molar-refractivity contribution in [3.8, 4) is 0 Å². The van der Waals surface area contributed by atoms with E-state index in [1.54, 1.807) is 0 Å². The molecule has 1 aromatic rings. The van der Waals surface area contributed by atoms with Crippen LogP contribution in [0.15, 0.2) is 29.3 Å². The molecule has 0 amide bonds. The molecule has 2 saturated heterocycles. The van der Waals surface area contributed by atoms with Crippen LogP contribution >= 0.6 is 35.6 Å². The molecule has 2 aliphatic rings. The SMILES string of the molecule is CCNC(=NCCc1ccc(Cl)cc1)N1CCC(OCC2CCCCO2)CC1.I. The summed E-state index contributed by atoms with van der Waals surface area (Å²) in [6.45, 7) is 7.40. The summed E-state index contributed by atoms with van der Waals surface area (Å²) in [5.74, 6) is 1.02. The molecule has 2 heterocycles. The molecule has 0 bridgehead atoms. The first kappa shape index (κ1) is 24.7. The van der Waals surface area contributed by atoms with Crippen LogP contribution < -0.4 is 5.32 Å². The van der Waals surface area contributed by atoms with Gasteiger partial charge in [0, 0.05) is 37.8 Å². The van der Waals surface area contributed by atoms with Crippen LogP contribution in [0.25, 0.3) is 0 Å². The Kier molecular flexibility index (Phi) is 11.6. The van der Waals surface area contributed by atoms with Gasteiger partial charge in [-0.15, -0.1) is 24.0 Å². The first-order valence-corrected chi connectivity index (χ1v) is 11.1. The largest absolute Gasteiger partial charge is 0.376 e. The van der Waals surface area contributed by atoms with Gasteiger partial charge in [-0.05, 0) is 63.1 Å². The summed E-state index contributed by atoms with van der Waals surface area (Å²) in [4.78, 5) is 7.20. The molecular weight excluding hydrogens is 501 g/mol. The van der Waals surface area contributed by atoms with Gasteiger partial charge in [0.1, 0.15) is 0 Å². The smallest absolute Gasteiger partial charge is 0.193 e. The van der Waals surface area contributed by atoms with Crippen LogP contribution in [0.2, 0.25) is 5.02 Å². The van der Waals surface area contributed by atoms with Crippen LogP contribution in [-0.2, 0) is 15.9 Å². The van der Waals surface area contributed by atoms with E-state index in [9.17, 15) is 0 Å². The Balaban J connectivity index is 0.00000300. The highest BCUT2D eigenvalue weighted by atomic mass is 127. The number of halogens is 2. The fourth-order valence-electron chi connectivity index (χ4n) is 3.78. The first-order valence-electron chi connectivity index (χ1n) is 10.8. The standard InChI is InChI=1S/C22H34ClN3O2.HI/c1-2-24-22(25-13-10-18-6-8-19(23)9-7-18)26-14-11-20(12-15-26)28-17-21-5-3-4-16-27-21;/h6-9,20-21H,2-5,10-17H2,1H3,(H,24,25);1H. The Morgan fingerprint density at radius 3 is 2.62 bits per heavy atom. The molecule has 0 saturated carbocycles. The van der Waals surface area contributed by atoms with Crippen molar-refractivity contribution >= 4 is 41.5 Å². The Hall–Kier alpha value is -0.570. The number of ether oxygens (including phenoxy) is 2. The second-order valence-electron chi connectivity index (χ2n) is 7.62. The van der Waals surface area contributed by atoms with E-state index in [4.69, 9.17) is 26.1 Å². The fourth-order valence-corrected chi connectivity index (χ4v) is 3.91. The third-order valence-electron chi connectivity index (χ3n) is 5.44. The normalized spacial score (nSPS) is 21.0. The molecule has 3 rings (SSSR count). The Morgan fingerprint density at radius 1 is 1.21 bits per heavy atom. The number of guanidine groups is 1. The minimum absolute atomic E-state index is 0. The summed E-state index contributed by atoms with van der Waals surface area (Å²) in [6, 6.07) is 8.02. The maximum absolute atomic E-state index is 6.14. The molecule has 1 aromatic carbocycles. The number of benzene rings is 1. The topological polar surface area (TPSA) is 46.1 Å². The van der Waals surface area contributed by atoms with E-state index in [1.807, 2.05) is 12.1 Å². The van der Waals surface area contributed by atoms with Gasteiger partial charge in [-0.1, -0.05) is 23.7 Å². The molecule has 164 valence electrons. The van der Waals surface area contributed by atoms with Crippen molar-refractivity contribution in [2.24, 2.45) is 4.99 Å². The minimum atomic E-state index is 0. The van der Waals surface area contributed by atoms with Crippen LogP contribution in [0.5, 0.6) is 0 Å². The number of aliphatic imine (C=N–C) groups is 1. The maximum atomic E-state index is 6.14. The predicted octanol–water partition coefficient (Wildman–Crippen LogP) is 4.52.